The van der Waals surface area contributed by atoms with E-state index in [4.69, 9.17) is 11.6 Å². The highest BCUT2D eigenvalue weighted by Gasteiger charge is 2.20. The highest BCUT2D eigenvalue weighted by Crippen LogP contribution is 2.22. The molecule has 0 amide bonds. The minimum absolute atomic E-state index is 0.0582. The predicted octanol–water partition coefficient (Wildman–Crippen LogP) is 3.68. The standard InChI is InChI=1S/C22H22ClFN4O2S/c23-20-3-1-2-4-21(20)31(29,30)26-16-17-9-10-25-22(15-17)28-13-11-27(12-14-28)19-7-5-18(24)6-8-19/h1-10,15,26H,11-14,16H2. The van der Waals surface area contributed by atoms with Crippen molar-refractivity contribution < 1.29 is 12.8 Å². The Labute approximate surface area is 186 Å². The molecular weight excluding hydrogens is 439 g/mol. The van der Waals surface area contributed by atoms with Crippen LogP contribution in [0.15, 0.2) is 71.8 Å². The summed E-state index contributed by atoms with van der Waals surface area (Å²) in [6.45, 7) is 3.24. The van der Waals surface area contributed by atoms with Gasteiger partial charge < -0.3 is 9.80 Å². The molecule has 2 heterocycles. The summed E-state index contributed by atoms with van der Waals surface area (Å²) >= 11 is 6.02. The van der Waals surface area contributed by atoms with Gasteiger partial charge in [0.25, 0.3) is 0 Å². The molecule has 3 aromatic rings. The summed E-state index contributed by atoms with van der Waals surface area (Å²) in [7, 11) is -3.72. The fourth-order valence-electron chi connectivity index (χ4n) is 3.51. The number of piperazine rings is 1. The maximum Gasteiger partial charge on any atom is 0.242 e. The van der Waals surface area contributed by atoms with E-state index in [2.05, 4.69) is 19.5 Å². The summed E-state index contributed by atoms with van der Waals surface area (Å²) in [5, 5.41) is 0.185. The topological polar surface area (TPSA) is 65.5 Å². The monoisotopic (exact) mass is 460 g/mol. The zero-order valence-electron chi connectivity index (χ0n) is 16.7. The summed E-state index contributed by atoms with van der Waals surface area (Å²) in [6.07, 6.45) is 1.68. The van der Waals surface area contributed by atoms with Gasteiger partial charge in [-0.15, -0.1) is 0 Å². The summed E-state index contributed by atoms with van der Waals surface area (Å²) in [5.74, 6) is 0.557. The Hall–Kier alpha value is -2.68. The number of benzene rings is 2. The SMILES string of the molecule is O=S(=O)(NCc1ccnc(N2CCN(c3ccc(F)cc3)CC2)c1)c1ccccc1Cl. The Morgan fingerprint density at radius 3 is 2.35 bits per heavy atom. The van der Waals surface area contributed by atoms with Crippen LogP contribution < -0.4 is 14.5 Å². The van der Waals surface area contributed by atoms with Crippen LogP contribution in [-0.2, 0) is 16.6 Å². The Morgan fingerprint density at radius 2 is 1.65 bits per heavy atom. The third-order valence-corrected chi connectivity index (χ3v) is 7.10. The number of nitrogens with zero attached hydrogens (tertiary/aromatic N) is 3. The molecule has 1 saturated heterocycles. The second-order valence-electron chi connectivity index (χ2n) is 7.23. The van der Waals surface area contributed by atoms with Crippen LogP contribution in [0, 0.1) is 5.82 Å². The lowest BCUT2D eigenvalue weighted by Gasteiger charge is -2.36. The second-order valence-corrected chi connectivity index (χ2v) is 9.37. The molecule has 4 rings (SSSR count). The molecular formula is C22H22ClFN4O2S. The van der Waals surface area contributed by atoms with Crippen molar-refractivity contribution in [3.63, 3.8) is 0 Å². The molecule has 0 spiro atoms. The number of rotatable bonds is 6. The highest BCUT2D eigenvalue weighted by molar-refractivity contribution is 7.89. The van der Waals surface area contributed by atoms with E-state index < -0.39 is 10.0 Å². The van der Waals surface area contributed by atoms with Gasteiger partial charge in [-0.25, -0.2) is 22.5 Å². The van der Waals surface area contributed by atoms with E-state index in [-0.39, 0.29) is 22.3 Å². The van der Waals surface area contributed by atoms with E-state index in [9.17, 15) is 12.8 Å². The van der Waals surface area contributed by atoms with Crippen LogP contribution in [-0.4, -0.2) is 39.6 Å². The fourth-order valence-corrected chi connectivity index (χ4v) is 5.04. The molecule has 1 aromatic heterocycles. The number of hydrogen-bond acceptors (Lipinski definition) is 5. The van der Waals surface area contributed by atoms with E-state index >= 15 is 0 Å². The first-order chi connectivity index (χ1) is 14.9. The highest BCUT2D eigenvalue weighted by atomic mass is 35.5. The van der Waals surface area contributed by atoms with Gasteiger partial charge in [-0.2, -0.15) is 0 Å². The molecule has 1 fully saturated rings. The number of anilines is 2. The first kappa shape index (κ1) is 21.5. The van der Waals surface area contributed by atoms with Gasteiger partial charge >= 0.3 is 0 Å². The van der Waals surface area contributed by atoms with Crippen LogP contribution in [0.2, 0.25) is 5.02 Å². The van der Waals surface area contributed by atoms with Gasteiger partial charge in [0, 0.05) is 44.6 Å². The van der Waals surface area contributed by atoms with Gasteiger partial charge in [-0.05, 0) is 54.1 Å². The average molecular weight is 461 g/mol. The van der Waals surface area contributed by atoms with Crippen molar-refractivity contribution in [2.45, 2.75) is 11.4 Å². The lowest BCUT2D eigenvalue weighted by atomic mass is 10.2. The number of hydrogen-bond donors (Lipinski definition) is 1. The van der Waals surface area contributed by atoms with Crippen LogP contribution in [0.3, 0.4) is 0 Å². The molecule has 0 saturated carbocycles. The third-order valence-electron chi connectivity index (χ3n) is 5.20. The molecule has 31 heavy (non-hydrogen) atoms. The van der Waals surface area contributed by atoms with Crippen molar-refractivity contribution in [2.75, 3.05) is 36.0 Å². The van der Waals surface area contributed by atoms with Gasteiger partial charge in [0.15, 0.2) is 0 Å². The van der Waals surface area contributed by atoms with Gasteiger partial charge in [-0.3, -0.25) is 0 Å². The summed E-state index contributed by atoms with van der Waals surface area (Å²) in [5.41, 5.74) is 1.80. The van der Waals surface area contributed by atoms with Crippen molar-refractivity contribution in [1.82, 2.24) is 9.71 Å². The second kappa shape index (κ2) is 9.21. The van der Waals surface area contributed by atoms with Crippen LogP contribution >= 0.6 is 11.6 Å². The molecule has 0 radical (unpaired) electrons. The zero-order valence-corrected chi connectivity index (χ0v) is 18.3. The van der Waals surface area contributed by atoms with Crippen LogP contribution in [0.4, 0.5) is 15.9 Å². The van der Waals surface area contributed by atoms with Crippen molar-refractivity contribution in [1.29, 1.82) is 0 Å². The number of halogens is 2. The van der Waals surface area contributed by atoms with Gasteiger partial charge in [0.05, 0.1) is 5.02 Å². The Kier molecular flexibility index (Phi) is 6.41. The smallest absolute Gasteiger partial charge is 0.242 e. The quantitative estimate of drug-likeness (QED) is 0.608. The molecule has 0 aliphatic carbocycles. The van der Waals surface area contributed by atoms with Gasteiger partial charge in [-0.1, -0.05) is 23.7 Å². The molecule has 1 N–H and O–H groups in total. The normalized spacial score (nSPS) is 14.6. The van der Waals surface area contributed by atoms with Crippen molar-refractivity contribution in [2.24, 2.45) is 0 Å². The molecule has 2 aromatic carbocycles. The molecule has 9 heteroatoms. The van der Waals surface area contributed by atoms with Crippen LogP contribution in [0.1, 0.15) is 5.56 Å². The average Bonchev–Trinajstić information content (AvgIpc) is 2.79. The molecule has 1 aliphatic heterocycles. The molecule has 0 bridgehead atoms. The lowest BCUT2D eigenvalue weighted by Crippen LogP contribution is -2.46. The van der Waals surface area contributed by atoms with Gasteiger partial charge in [0.2, 0.25) is 10.0 Å². The van der Waals surface area contributed by atoms with Crippen molar-refractivity contribution in [3.05, 3.63) is 83.3 Å². The Bertz CT molecular complexity index is 1150. The van der Waals surface area contributed by atoms with Crippen LogP contribution in [0.25, 0.3) is 0 Å². The van der Waals surface area contributed by atoms with E-state index in [0.29, 0.717) is 0 Å². The predicted molar refractivity (Wildman–Crippen MR) is 121 cm³/mol. The Morgan fingerprint density at radius 1 is 0.968 bits per heavy atom. The molecule has 1 aliphatic rings. The first-order valence-electron chi connectivity index (χ1n) is 9.87. The van der Waals surface area contributed by atoms with Gasteiger partial charge in [0.1, 0.15) is 16.5 Å². The molecule has 0 atom stereocenters. The number of pyridine rings is 1. The minimum Gasteiger partial charge on any atom is -0.368 e. The number of sulfonamides is 1. The summed E-state index contributed by atoms with van der Waals surface area (Å²) in [4.78, 5) is 8.87. The number of aromatic nitrogens is 1. The summed E-state index contributed by atoms with van der Waals surface area (Å²) < 4.78 is 40.9. The molecule has 0 unspecified atom stereocenters. The number of nitrogens with one attached hydrogen (secondary N) is 1. The van der Waals surface area contributed by atoms with E-state index in [1.807, 2.05) is 6.07 Å². The molecule has 6 nitrogen and oxygen atoms in total. The van der Waals surface area contributed by atoms with E-state index in [0.717, 1.165) is 43.2 Å². The van der Waals surface area contributed by atoms with Crippen LogP contribution in [0.5, 0.6) is 0 Å². The lowest BCUT2D eigenvalue weighted by molar-refractivity contribution is 0.581. The van der Waals surface area contributed by atoms with Crippen molar-refractivity contribution >= 4 is 33.1 Å². The zero-order chi connectivity index (χ0) is 21.8. The van der Waals surface area contributed by atoms with Crippen molar-refractivity contribution in [3.8, 4) is 0 Å². The molecule has 162 valence electrons. The van der Waals surface area contributed by atoms with E-state index in [1.54, 1.807) is 42.6 Å². The summed E-state index contributed by atoms with van der Waals surface area (Å²) in [6, 6.07) is 16.5. The third kappa shape index (κ3) is 5.15. The van der Waals surface area contributed by atoms with E-state index in [1.165, 1.54) is 18.2 Å². The minimum atomic E-state index is -3.72. The fraction of sp³-hybridized carbons (Fsp3) is 0.227. The maximum absolute atomic E-state index is 13.1. The maximum atomic E-state index is 13.1. The Balaban J connectivity index is 1.39. The first-order valence-corrected chi connectivity index (χ1v) is 11.7. The largest absolute Gasteiger partial charge is 0.368 e.